The van der Waals surface area contributed by atoms with Crippen molar-refractivity contribution in [2.24, 2.45) is 0 Å². The Labute approximate surface area is 125 Å². The number of para-hydroxylation sites is 1. The van der Waals surface area contributed by atoms with E-state index in [0.29, 0.717) is 21.8 Å². The molecule has 108 valence electrons. The molecule has 0 amide bonds. The van der Waals surface area contributed by atoms with Gasteiger partial charge in [-0.2, -0.15) is 14.0 Å². The van der Waals surface area contributed by atoms with Gasteiger partial charge in [-0.05, 0) is 24.3 Å². The molecule has 0 unspecified atom stereocenters. The van der Waals surface area contributed by atoms with Crippen LogP contribution in [0.4, 0.5) is 14.5 Å². The molecule has 3 nitrogen and oxygen atoms in total. The van der Waals surface area contributed by atoms with Crippen molar-refractivity contribution in [2.45, 2.75) is 13.2 Å². The summed E-state index contributed by atoms with van der Waals surface area (Å²) in [5.74, 6) is 0.0977. The summed E-state index contributed by atoms with van der Waals surface area (Å²) in [5, 5.41) is 12.5. The number of anilines is 1. The van der Waals surface area contributed by atoms with Gasteiger partial charge in [-0.15, -0.1) is 0 Å². The van der Waals surface area contributed by atoms with E-state index in [0.717, 1.165) is 0 Å². The van der Waals surface area contributed by atoms with Crippen molar-refractivity contribution in [3.8, 4) is 11.8 Å². The van der Waals surface area contributed by atoms with E-state index in [1.165, 1.54) is 6.07 Å². The Kier molecular flexibility index (Phi) is 4.96. The molecular formula is C15H11ClF2N2O. The van der Waals surface area contributed by atoms with Crippen LogP contribution in [0.3, 0.4) is 0 Å². The topological polar surface area (TPSA) is 45.0 Å². The van der Waals surface area contributed by atoms with Gasteiger partial charge in [0.15, 0.2) is 0 Å². The fourth-order valence-electron chi connectivity index (χ4n) is 1.81. The molecule has 0 spiro atoms. The highest BCUT2D eigenvalue weighted by Gasteiger charge is 2.10. The number of nitrogens with one attached hydrogen (secondary N) is 1. The molecule has 0 aliphatic carbocycles. The molecule has 0 aromatic heterocycles. The highest BCUT2D eigenvalue weighted by atomic mass is 35.5. The largest absolute Gasteiger partial charge is 0.434 e. The van der Waals surface area contributed by atoms with Crippen molar-refractivity contribution in [2.75, 3.05) is 5.32 Å². The van der Waals surface area contributed by atoms with Crippen LogP contribution < -0.4 is 10.1 Å². The van der Waals surface area contributed by atoms with Gasteiger partial charge in [0.05, 0.1) is 11.3 Å². The first-order valence-corrected chi connectivity index (χ1v) is 6.44. The van der Waals surface area contributed by atoms with Crippen molar-refractivity contribution in [3.63, 3.8) is 0 Å². The van der Waals surface area contributed by atoms with Gasteiger partial charge in [0, 0.05) is 17.1 Å². The summed E-state index contributed by atoms with van der Waals surface area (Å²) in [6, 6.07) is 13.3. The molecule has 0 radical (unpaired) electrons. The van der Waals surface area contributed by atoms with Crippen LogP contribution in [0.2, 0.25) is 5.02 Å². The molecule has 1 N–H and O–H groups in total. The summed E-state index contributed by atoms with van der Waals surface area (Å²) in [6.45, 7) is -2.65. The van der Waals surface area contributed by atoms with E-state index in [1.54, 1.807) is 36.4 Å². The van der Waals surface area contributed by atoms with Gasteiger partial charge < -0.3 is 10.1 Å². The van der Waals surface area contributed by atoms with Gasteiger partial charge >= 0.3 is 6.61 Å². The van der Waals surface area contributed by atoms with Crippen molar-refractivity contribution in [1.29, 1.82) is 5.26 Å². The summed E-state index contributed by atoms with van der Waals surface area (Å²) < 4.78 is 29.1. The van der Waals surface area contributed by atoms with E-state index in [-0.39, 0.29) is 12.3 Å². The predicted octanol–water partition coefficient (Wildman–Crippen LogP) is 4.43. The quantitative estimate of drug-likeness (QED) is 0.889. The van der Waals surface area contributed by atoms with Gasteiger partial charge in [-0.25, -0.2) is 0 Å². The molecular weight excluding hydrogens is 298 g/mol. The minimum atomic E-state index is -2.88. The van der Waals surface area contributed by atoms with Crippen LogP contribution in [0.5, 0.6) is 5.75 Å². The van der Waals surface area contributed by atoms with Crippen LogP contribution in [-0.4, -0.2) is 6.61 Å². The first kappa shape index (κ1) is 15.1. The third-order valence-corrected chi connectivity index (χ3v) is 3.00. The molecule has 0 saturated heterocycles. The van der Waals surface area contributed by atoms with E-state index in [1.807, 2.05) is 6.07 Å². The van der Waals surface area contributed by atoms with E-state index in [2.05, 4.69) is 10.1 Å². The highest BCUT2D eigenvalue weighted by Crippen LogP contribution is 2.24. The number of hydrogen-bond acceptors (Lipinski definition) is 3. The number of nitrogens with zero attached hydrogens (tertiary/aromatic N) is 1. The average Bonchev–Trinajstić information content (AvgIpc) is 2.46. The molecule has 6 heteroatoms. The standard InChI is InChI=1S/C15H11ClF2N2O/c16-12-6-5-10(8-19)13(7-12)20-9-11-3-1-2-4-14(11)21-15(17)18/h1-7,15,20H,9H2. The van der Waals surface area contributed by atoms with Crippen LogP contribution in [0.1, 0.15) is 11.1 Å². The maximum Gasteiger partial charge on any atom is 0.387 e. The molecule has 21 heavy (non-hydrogen) atoms. The highest BCUT2D eigenvalue weighted by molar-refractivity contribution is 6.30. The summed E-state index contributed by atoms with van der Waals surface area (Å²) in [4.78, 5) is 0. The zero-order valence-electron chi connectivity index (χ0n) is 10.8. The Morgan fingerprint density at radius 1 is 1.24 bits per heavy atom. The van der Waals surface area contributed by atoms with E-state index in [4.69, 9.17) is 16.9 Å². The number of alkyl halides is 2. The third-order valence-electron chi connectivity index (χ3n) is 2.76. The lowest BCUT2D eigenvalue weighted by molar-refractivity contribution is -0.0504. The molecule has 2 aromatic rings. The fourth-order valence-corrected chi connectivity index (χ4v) is 1.98. The van der Waals surface area contributed by atoms with Gasteiger partial charge in [0.1, 0.15) is 11.8 Å². The first-order chi connectivity index (χ1) is 10.1. The van der Waals surface area contributed by atoms with Crippen LogP contribution in [-0.2, 0) is 6.54 Å². The smallest absolute Gasteiger partial charge is 0.387 e. The molecule has 0 fully saturated rings. The Bertz CT molecular complexity index is 671. The van der Waals surface area contributed by atoms with Crippen LogP contribution in [0, 0.1) is 11.3 Å². The first-order valence-electron chi connectivity index (χ1n) is 6.06. The SMILES string of the molecule is N#Cc1ccc(Cl)cc1NCc1ccccc1OC(F)F. The molecule has 0 saturated carbocycles. The Balaban J connectivity index is 2.17. The molecule has 0 atom stereocenters. The van der Waals surface area contributed by atoms with Crippen molar-refractivity contribution >= 4 is 17.3 Å². The summed E-state index contributed by atoms with van der Waals surface area (Å²) in [7, 11) is 0. The van der Waals surface area contributed by atoms with Gasteiger partial charge in [-0.3, -0.25) is 0 Å². The number of benzene rings is 2. The molecule has 0 aliphatic heterocycles. The lowest BCUT2D eigenvalue weighted by Crippen LogP contribution is -2.07. The van der Waals surface area contributed by atoms with Crippen LogP contribution in [0.15, 0.2) is 42.5 Å². The predicted molar refractivity (Wildman–Crippen MR) is 76.6 cm³/mol. The number of nitriles is 1. The molecule has 2 rings (SSSR count). The minimum Gasteiger partial charge on any atom is -0.434 e. The molecule has 0 heterocycles. The zero-order valence-corrected chi connectivity index (χ0v) is 11.6. The Morgan fingerprint density at radius 3 is 2.71 bits per heavy atom. The molecule has 2 aromatic carbocycles. The zero-order chi connectivity index (χ0) is 15.2. The lowest BCUT2D eigenvalue weighted by atomic mass is 10.1. The van der Waals surface area contributed by atoms with Crippen molar-refractivity contribution < 1.29 is 13.5 Å². The maximum absolute atomic E-state index is 12.3. The van der Waals surface area contributed by atoms with E-state index >= 15 is 0 Å². The second-order valence-electron chi connectivity index (χ2n) is 4.14. The Morgan fingerprint density at radius 2 is 2.00 bits per heavy atom. The molecule has 0 bridgehead atoms. The second kappa shape index (κ2) is 6.91. The second-order valence-corrected chi connectivity index (χ2v) is 4.58. The van der Waals surface area contributed by atoms with Gasteiger partial charge in [-0.1, -0.05) is 29.8 Å². The Hall–Kier alpha value is -2.32. The van der Waals surface area contributed by atoms with Crippen molar-refractivity contribution in [3.05, 3.63) is 58.6 Å². The molecule has 0 aliphatic rings. The van der Waals surface area contributed by atoms with Gasteiger partial charge in [0.2, 0.25) is 0 Å². The lowest BCUT2D eigenvalue weighted by Gasteiger charge is -2.13. The number of halogens is 3. The average molecular weight is 309 g/mol. The fraction of sp³-hybridized carbons (Fsp3) is 0.133. The van der Waals surface area contributed by atoms with Gasteiger partial charge in [0.25, 0.3) is 0 Å². The number of rotatable bonds is 5. The monoisotopic (exact) mass is 308 g/mol. The van der Waals surface area contributed by atoms with Crippen molar-refractivity contribution in [1.82, 2.24) is 0 Å². The van der Waals surface area contributed by atoms with Crippen LogP contribution >= 0.6 is 11.6 Å². The number of ether oxygens (including phenoxy) is 1. The minimum absolute atomic E-state index is 0.0977. The maximum atomic E-state index is 12.3. The van der Waals surface area contributed by atoms with E-state index in [9.17, 15) is 8.78 Å². The summed E-state index contributed by atoms with van der Waals surface area (Å²) in [5.41, 5.74) is 1.52. The number of hydrogen-bond donors (Lipinski definition) is 1. The van der Waals surface area contributed by atoms with E-state index < -0.39 is 6.61 Å². The third kappa shape index (κ3) is 4.07. The summed E-state index contributed by atoms with van der Waals surface area (Å²) >= 11 is 5.88. The van der Waals surface area contributed by atoms with Crippen LogP contribution in [0.25, 0.3) is 0 Å². The normalized spacial score (nSPS) is 10.2. The summed E-state index contributed by atoms with van der Waals surface area (Å²) in [6.07, 6.45) is 0.